The molecule has 0 aliphatic rings. The Labute approximate surface area is 146 Å². The van der Waals surface area contributed by atoms with Crippen molar-refractivity contribution in [2.24, 2.45) is 0 Å². The normalized spacial score (nSPS) is 11.2. The molecule has 0 bridgehead atoms. The Kier molecular flexibility index (Phi) is 5.04. The van der Waals surface area contributed by atoms with Crippen LogP contribution in [0.4, 0.5) is 5.69 Å². The number of anilines is 1. The second-order valence-electron chi connectivity index (χ2n) is 5.97. The van der Waals surface area contributed by atoms with Crippen molar-refractivity contribution in [2.75, 3.05) is 5.32 Å². The maximum absolute atomic E-state index is 12.0. The van der Waals surface area contributed by atoms with Gasteiger partial charge in [-0.05, 0) is 47.4 Å². The molecular weight excluding hydrogens is 314 g/mol. The molecule has 0 aliphatic carbocycles. The predicted octanol–water partition coefficient (Wildman–Crippen LogP) is 4.51. The Morgan fingerprint density at radius 2 is 1.80 bits per heavy atom. The molecule has 0 fully saturated rings. The first kappa shape index (κ1) is 16.6. The fourth-order valence-corrected chi connectivity index (χ4v) is 2.34. The summed E-state index contributed by atoms with van der Waals surface area (Å²) in [6.07, 6.45) is 4.60. The number of hydrogen-bond acceptors (Lipinski definition) is 4. The molecule has 0 spiro atoms. The summed E-state index contributed by atoms with van der Waals surface area (Å²) in [6.45, 7) is 4.31. The van der Waals surface area contributed by atoms with E-state index in [4.69, 9.17) is 4.42 Å². The molecule has 0 aliphatic heterocycles. The Bertz CT molecular complexity index is 849. The van der Waals surface area contributed by atoms with Crippen molar-refractivity contribution >= 4 is 17.7 Å². The van der Waals surface area contributed by atoms with Crippen LogP contribution in [0, 0.1) is 0 Å². The monoisotopic (exact) mass is 333 g/mol. The molecule has 0 saturated carbocycles. The van der Waals surface area contributed by atoms with Gasteiger partial charge in [0.2, 0.25) is 18.2 Å². The highest BCUT2D eigenvalue weighted by molar-refractivity contribution is 6.02. The number of carbonyl (C=O) groups is 1. The van der Waals surface area contributed by atoms with Crippen molar-refractivity contribution in [3.05, 3.63) is 72.1 Å². The summed E-state index contributed by atoms with van der Waals surface area (Å²) in [6, 6.07) is 15.4. The number of amides is 1. The number of carbonyl (C=O) groups excluding carboxylic acids is 1. The third kappa shape index (κ3) is 4.41. The molecule has 0 saturated heterocycles. The van der Waals surface area contributed by atoms with Gasteiger partial charge in [0.1, 0.15) is 0 Å². The van der Waals surface area contributed by atoms with Crippen molar-refractivity contribution in [3.8, 4) is 11.5 Å². The van der Waals surface area contributed by atoms with Crippen molar-refractivity contribution in [2.45, 2.75) is 19.8 Å². The summed E-state index contributed by atoms with van der Waals surface area (Å²) in [5.41, 5.74) is 3.78. The molecule has 0 radical (unpaired) electrons. The highest BCUT2D eigenvalue weighted by Crippen LogP contribution is 2.19. The number of nitrogens with one attached hydrogen (secondary N) is 1. The van der Waals surface area contributed by atoms with Crippen LogP contribution in [0.3, 0.4) is 0 Å². The first-order valence-electron chi connectivity index (χ1n) is 8.07. The van der Waals surface area contributed by atoms with Crippen LogP contribution in [0.15, 0.2) is 65.4 Å². The molecule has 0 unspecified atom stereocenters. The highest BCUT2D eigenvalue weighted by atomic mass is 16.4. The van der Waals surface area contributed by atoms with Crippen LogP contribution in [-0.2, 0) is 4.79 Å². The van der Waals surface area contributed by atoms with Crippen LogP contribution < -0.4 is 5.32 Å². The van der Waals surface area contributed by atoms with Crippen molar-refractivity contribution in [1.82, 2.24) is 10.2 Å². The first-order chi connectivity index (χ1) is 12.1. The van der Waals surface area contributed by atoms with E-state index in [1.54, 1.807) is 18.2 Å². The Hall–Kier alpha value is -3.21. The Morgan fingerprint density at radius 3 is 2.40 bits per heavy atom. The van der Waals surface area contributed by atoms with Gasteiger partial charge in [0.15, 0.2) is 0 Å². The third-order valence-corrected chi connectivity index (χ3v) is 3.79. The summed E-state index contributed by atoms with van der Waals surface area (Å²) >= 11 is 0. The maximum Gasteiger partial charge on any atom is 0.248 e. The molecule has 1 amide bonds. The molecule has 0 atom stereocenters. The van der Waals surface area contributed by atoms with E-state index in [1.165, 1.54) is 18.0 Å². The number of benzene rings is 2. The minimum Gasteiger partial charge on any atom is -0.423 e. The van der Waals surface area contributed by atoms with E-state index in [0.717, 1.165) is 11.1 Å². The minimum absolute atomic E-state index is 0.182. The number of nitrogens with zero attached hydrogens (tertiary/aromatic N) is 2. The van der Waals surface area contributed by atoms with Crippen LogP contribution >= 0.6 is 0 Å². The predicted molar refractivity (Wildman–Crippen MR) is 97.9 cm³/mol. The molecule has 3 rings (SSSR count). The van der Waals surface area contributed by atoms with Crippen LogP contribution in [0.25, 0.3) is 17.5 Å². The average Bonchev–Trinajstić information content (AvgIpc) is 3.15. The molecule has 1 heterocycles. The average molecular weight is 333 g/mol. The third-order valence-electron chi connectivity index (χ3n) is 3.79. The molecular formula is C20H19N3O2. The second-order valence-corrected chi connectivity index (χ2v) is 5.97. The van der Waals surface area contributed by atoms with E-state index in [0.29, 0.717) is 17.5 Å². The molecule has 5 heteroatoms. The van der Waals surface area contributed by atoms with E-state index < -0.39 is 0 Å². The Morgan fingerprint density at radius 1 is 1.08 bits per heavy atom. The van der Waals surface area contributed by atoms with Gasteiger partial charge in [0, 0.05) is 17.3 Å². The molecule has 5 nitrogen and oxygen atoms in total. The second kappa shape index (κ2) is 7.57. The zero-order valence-electron chi connectivity index (χ0n) is 14.1. The molecule has 1 N–H and O–H groups in total. The van der Waals surface area contributed by atoms with Gasteiger partial charge in [0.25, 0.3) is 0 Å². The summed E-state index contributed by atoms with van der Waals surface area (Å²) in [4.78, 5) is 12.0. The molecule has 2 aromatic carbocycles. The zero-order chi connectivity index (χ0) is 17.6. The van der Waals surface area contributed by atoms with Crippen molar-refractivity contribution < 1.29 is 9.21 Å². The lowest BCUT2D eigenvalue weighted by atomic mass is 10.0. The fourth-order valence-electron chi connectivity index (χ4n) is 2.34. The summed E-state index contributed by atoms with van der Waals surface area (Å²) in [5, 5.41) is 10.3. The van der Waals surface area contributed by atoms with Crippen LogP contribution in [0.1, 0.15) is 30.9 Å². The highest BCUT2D eigenvalue weighted by Gasteiger charge is 2.04. The van der Waals surface area contributed by atoms with Crippen molar-refractivity contribution in [3.63, 3.8) is 0 Å². The topological polar surface area (TPSA) is 68.0 Å². The maximum atomic E-state index is 12.0. The van der Waals surface area contributed by atoms with Gasteiger partial charge in [-0.1, -0.05) is 38.1 Å². The largest absolute Gasteiger partial charge is 0.423 e. The smallest absolute Gasteiger partial charge is 0.248 e. The Balaban J connectivity index is 1.60. The van der Waals surface area contributed by atoms with E-state index >= 15 is 0 Å². The SMILES string of the molecule is CC(C)c1ccc(/C=C/C(=O)Nc2ccc(-c3nnco3)cc2)cc1. The summed E-state index contributed by atoms with van der Waals surface area (Å²) in [5.74, 6) is 0.762. The molecule has 1 aromatic heterocycles. The minimum atomic E-state index is -0.182. The summed E-state index contributed by atoms with van der Waals surface area (Å²) < 4.78 is 5.13. The standard InChI is InChI=1S/C20H19N3O2/c1-14(2)16-6-3-15(4-7-16)5-12-19(24)22-18-10-8-17(9-11-18)20-23-21-13-25-20/h3-14H,1-2H3,(H,22,24)/b12-5+. The van der Waals surface area contributed by atoms with Gasteiger partial charge >= 0.3 is 0 Å². The fraction of sp³-hybridized carbons (Fsp3) is 0.150. The lowest BCUT2D eigenvalue weighted by Gasteiger charge is -2.05. The lowest BCUT2D eigenvalue weighted by Crippen LogP contribution is -2.07. The van der Waals surface area contributed by atoms with Crippen LogP contribution in [-0.4, -0.2) is 16.1 Å². The van der Waals surface area contributed by atoms with Gasteiger partial charge in [-0.15, -0.1) is 10.2 Å². The van der Waals surface area contributed by atoms with E-state index in [9.17, 15) is 4.79 Å². The number of aromatic nitrogens is 2. The summed E-state index contributed by atoms with van der Waals surface area (Å²) in [7, 11) is 0. The molecule has 126 valence electrons. The lowest BCUT2D eigenvalue weighted by molar-refractivity contribution is -0.111. The molecule has 3 aromatic rings. The van der Waals surface area contributed by atoms with E-state index in [2.05, 4.69) is 41.5 Å². The molecule has 25 heavy (non-hydrogen) atoms. The first-order valence-corrected chi connectivity index (χ1v) is 8.07. The van der Waals surface area contributed by atoms with Gasteiger partial charge in [-0.3, -0.25) is 4.79 Å². The van der Waals surface area contributed by atoms with Crippen molar-refractivity contribution in [1.29, 1.82) is 0 Å². The van der Waals surface area contributed by atoms with Crippen LogP contribution in [0.2, 0.25) is 0 Å². The van der Waals surface area contributed by atoms with Gasteiger partial charge < -0.3 is 9.73 Å². The number of rotatable bonds is 5. The van der Waals surface area contributed by atoms with Crippen LogP contribution in [0.5, 0.6) is 0 Å². The quantitative estimate of drug-likeness (QED) is 0.697. The van der Waals surface area contributed by atoms with Gasteiger partial charge in [-0.25, -0.2) is 0 Å². The van der Waals surface area contributed by atoms with Gasteiger partial charge in [-0.2, -0.15) is 0 Å². The van der Waals surface area contributed by atoms with E-state index in [1.807, 2.05) is 24.3 Å². The van der Waals surface area contributed by atoms with Gasteiger partial charge in [0.05, 0.1) is 0 Å². The zero-order valence-corrected chi connectivity index (χ0v) is 14.1. The number of hydrogen-bond donors (Lipinski definition) is 1. The van der Waals surface area contributed by atoms with E-state index in [-0.39, 0.29) is 5.91 Å².